The van der Waals surface area contributed by atoms with E-state index in [1.807, 2.05) is 20.0 Å². The summed E-state index contributed by atoms with van der Waals surface area (Å²) in [4.78, 5) is 14.2. The van der Waals surface area contributed by atoms with E-state index in [0.717, 1.165) is 45.3 Å². The van der Waals surface area contributed by atoms with Crippen LogP contribution in [0.1, 0.15) is 34.1 Å². The molecular weight excluding hydrogens is 380 g/mol. The van der Waals surface area contributed by atoms with Gasteiger partial charge >= 0.3 is 0 Å². The van der Waals surface area contributed by atoms with E-state index < -0.39 is 0 Å². The van der Waals surface area contributed by atoms with Gasteiger partial charge in [-0.25, -0.2) is 0 Å². The quantitative estimate of drug-likeness (QED) is 0.340. The molecule has 27 heavy (non-hydrogen) atoms. The number of hydrogen-bond acceptors (Lipinski definition) is 7. The zero-order valence-electron chi connectivity index (χ0n) is 16.0. The molecule has 3 rings (SSSR count). The lowest BCUT2D eigenvalue weighted by Crippen LogP contribution is -2.32. The fourth-order valence-corrected chi connectivity index (χ4v) is 5.21. The molecule has 0 unspecified atom stereocenters. The van der Waals surface area contributed by atoms with Crippen LogP contribution in [-0.2, 0) is 11.3 Å². The third-order valence-corrected chi connectivity index (χ3v) is 6.65. The summed E-state index contributed by atoms with van der Waals surface area (Å²) in [6, 6.07) is 0. The van der Waals surface area contributed by atoms with Crippen LogP contribution >= 0.6 is 23.1 Å². The van der Waals surface area contributed by atoms with Gasteiger partial charge in [-0.15, -0.1) is 23.1 Å². The van der Waals surface area contributed by atoms with E-state index >= 15 is 0 Å². The highest BCUT2D eigenvalue weighted by Gasteiger charge is 2.28. The summed E-state index contributed by atoms with van der Waals surface area (Å²) in [5.74, 6) is 0.870. The van der Waals surface area contributed by atoms with Crippen molar-refractivity contribution in [3.63, 3.8) is 0 Å². The number of allylic oxidation sites excluding steroid dienone is 5. The van der Waals surface area contributed by atoms with Crippen molar-refractivity contribution >= 4 is 35.1 Å². The highest BCUT2D eigenvalue weighted by Crippen LogP contribution is 2.39. The molecule has 146 valence electrons. The topological polar surface area (TPSA) is 62.1 Å². The van der Waals surface area contributed by atoms with Crippen LogP contribution in [0.4, 0.5) is 0 Å². The molecular formula is C20H26N2O3S2. The molecule has 0 fully saturated rings. The highest BCUT2D eigenvalue weighted by atomic mass is 32.2. The van der Waals surface area contributed by atoms with Gasteiger partial charge in [-0.1, -0.05) is 41.1 Å². The Labute approximate surface area is 169 Å². The van der Waals surface area contributed by atoms with Crippen molar-refractivity contribution in [1.82, 2.24) is 4.90 Å². The minimum absolute atomic E-state index is 0.597. The first-order valence-corrected chi connectivity index (χ1v) is 10.6. The normalized spacial score (nSPS) is 17.7. The number of likely N-dealkylation sites (N-methyl/N-ethyl adjacent to an activating group) is 1. The number of carbonyl (C=O) groups is 1. The maximum Gasteiger partial charge on any atom is 0.160 e. The number of fused-ring (bicyclic) bond motifs is 1. The molecule has 2 heterocycles. The van der Waals surface area contributed by atoms with E-state index in [9.17, 15) is 10.0 Å². The molecule has 1 aliphatic heterocycles. The van der Waals surface area contributed by atoms with Gasteiger partial charge in [-0.2, -0.15) is 0 Å². The van der Waals surface area contributed by atoms with Gasteiger partial charge in [0, 0.05) is 38.1 Å². The van der Waals surface area contributed by atoms with Gasteiger partial charge in [0.2, 0.25) is 0 Å². The van der Waals surface area contributed by atoms with Crippen molar-refractivity contribution in [2.75, 3.05) is 33.1 Å². The summed E-state index contributed by atoms with van der Waals surface area (Å²) in [5.41, 5.74) is 3.94. The molecule has 5 nitrogen and oxygen atoms in total. The SMILES string of the molecule is CCOC.CN1C/C(=N\O)c2c(SCC3=CC=CC=CC3)sc(C=O)c2C1. The number of hydrogen-bond donors (Lipinski definition) is 1. The van der Waals surface area contributed by atoms with Crippen molar-refractivity contribution < 1.29 is 14.7 Å². The first-order chi connectivity index (χ1) is 13.1. The first-order valence-electron chi connectivity index (χ1n) is 8.78. The van der Waals surface area contributed by atoms with Crippen LogP contribution in [-0.4, -0.2) is 55.2 Å². The molecule has 0 saturated carbocycles. The molecule has 1 N–H and O–H groups in total. The number of ether oxygens (including phenoxy) is 1. The third-order valence-electron chi connectivity index (χ3n) is 4.12. The number of nitrogens with zero attached hydrogens (tertiary/aromatic N) is 2. The van der Waals surface area contributed by atoms with Gasteiger partial charge in [-0.3, -0.25) is 9.69 Å². The zero-order valence-corrected chi connectivity index (χ0v) is 17.6. The molecule has 0 spiro atoms. The van der Waals surface area contributed by atoms with Crippen LogP contribution < -0.4 is 0 Å². The lowest BCUT2D eigenvalue weighted by Gasteiger charge is -2.24. The van der Waals surface area contributed by atoms with Gasteiger partial charge in [0.1, 0.15) is 5.71 Å². The Hall–Kier alpha value is -1.67. The Morgan fingerprint density at radius 1 is 1.37 bits per heavy atom. The second kappa shape index (κ2) is 11.2. The Morgan fingerprint density at radius 3 is 2.81 bits per heavy atom. The van der Waals surface area contributed by atoms with Crippen LogP contribution in [0.3, 0.4) is 0 Å². The van der Waals surface area contributed by atoms with E-state index in [1.165, 1.54) is 16.9 Å². The van der Waals surface area contributed by atoms with E-state index in [1.54, 1.807) is 18.9 Å². The summed E-state index contributed by atoms with van der Waals surface area (Å²) < 4.78 is 5.61. The smallest absolute Gasteiger partial charge is 0.160 e. The molecule has 0 radical (unpaired) electrons. The van der Waals surface area contributed by atoms with Crippen LogP contribution in [0.5, 0.6) is 0 Å². The first kappa shape index (κ1) is 21.6. The number of thioether (sulfide) groups is 1. The predicted molar refractivity (Wildman–Crippen MR) is 114 cm³/mol. The average molecular weight is 407 g/mol. The zero-order chi connectivity index (χ0) is 19.6. The van der Waals surface area contributed by atoms with Crippen LogP contribution in [0.15, 0.2) is 45.3 Å². The second-order valence-corrected chi connectivity index (χ2v) is 8.45. The van der Waals surface area contributed by atoms with Gasteiger partial charge in [0.25, 0.3) is 0 Å². The Morgan fingerprint density at radius 2 is 2.15 bits per heavy atom. The van der Waals surface area contributed by atoms with Crippen LogP contribution in [0, 0.1) is 0 Å². The van der Waals surface area contributed by atoms with E-state index in [4.69, 9.17) is 0 Å². The molecule has 0 saturated heterocycles. The minimum atomic E-state index is 0.597. The lowest BCUT2D eigenvalue weighted by atomic mass is 10.0. The van der Waals surface area contributed by atoms with Crippen LogP contribution in [0.2, 0.25) is 0 Å². The maximum atomic E-state index is 11.4. The summed E-state index contributed by atoms with van der Waals surface area (Å²) in [6.07, 6.45) is 12.3. The molecule has 1 aromatic rings. The lowest BCUT2D eigenvalue weighted by molar-refractivity contribution is 0.112. The molecule has 7 heteroatoms. The number of aldehydes is 1. The van der Waals surface area contributed by atoms with Gasteiger partial charge in [0.15, 0.2) is 6.29 Å². The fourth-order valence-electron chi connectivity index (χ4n) is 2.73. The van der Waals surface area contributed by atoms with E-state index in [0.29, 0.717) is 18.8 Å². The molecule has 2 aliphatic rings. The summed E-state index contributed by atoms with van der Waals surface area (Å²) >= 11 is 3.22. The number of rotatable bonds is 5. The van der Waals surface area contributed by atoms with Gasteiger partial charge in [0.05, 0.1) is 9.09 Å². The predicted octanol–water partition coefficient (Wildman–Crippen LogP) is 4.37. The fraction of sp³-hybridized carbons (Fsp3) is 0.400. The standard InChI is InChI=1S/C17H18N2O2S2.C3H8O/c1-19-8-13-15(10-20)23-17(16(13)14(9-19)18-21)22-11-12-6-4-2-3-5-7-12;1-3-4-2/h2-6,10,21H,7-9,11H2,1H3;3H2,1-2H3/b18-14+;. The Kier molecular flexibility index (Phi) is 9.00. The van der Waals surface area contributed by atoms with Gasteiger partial charge in [-0.05, 0) is 26.0 Å². The molecule has 0 amide bonds. The molecule has 0 bridgehead atoms. The molecule has 0 aromatic carbocycles. The summed E-state index contributed by atoms with van der Waals surface area (Å²) in [5, 5.41) is 12.8. The Balaban J connectivity index is 0.000000596. The van der Waals surface area contributed by atoms with Crippen molar-refractivity contribution in [1.29, 1.82) is 0 Å². The maximum absolute atomic E-state index is 11.4. The van der Waals surface area contributed by atoms with Crippen molar-refractivity contribution in [2.45, 2.75) is 24.1 Å². The van der Waals surface area contributed by atoms with Crippen LogP contribution in [0.25, 0.3) is 0 Å². The van der Waals surface area contributed by atoms with Crippen molar-refractivity contribution in [3.05, 3.63) is 52.0 Å². The van der Waals surface area contributed by atoms with Crippen molar-refractivity contribution in [3.8, 4) is 0 Å². The summed E-state index contributed by atoms with van der Waals surface area (Å²) in [7, 11) is 3.64. The second-order valence-electron chi connectivity index (χ2n) is 6.15. The summed E-state index contributed by atoms with van der Waals surface area (Å²) in [6.45, 7) is 4.09. The Bertz CT molecular complexity index is 762. The third kappa shape index (κ3) is 5.90. The van der Waals surface area contributed by atoms with Gasteiger partial charge < -0.3 is 9.94 Å². The van der Waals surface area contributed by atoms with E-state index in [2.05, 4.69) is 39.1 Å². The minimum Gasteiger partial charge on any atom is -0.411 e. The monoisotopic (exact) mass is 406 g/mol. The molecule has 0 atom stereocenters. The number of methoxy groups -OCH3 is 1. The molecule has 1 aromatic heterocycles. The average Bonchev–Trinajstić information content (AvgIpc) is 2.85. The van der Waals surface area contributed by atoms with E-state index in [-0.39, 0.29) is 0 Å². The largest absolute Gasteiger partial charge is 0.411 e. The number of thiophene rings is 1. The highest BCUT2D eigenvalue weighted by molar-refractivity contribution is 8.01. The van der Waals surface area contributed by atoms with Crippen molar-refractivity contribution in [2.24, 2.45) is 5.16 Å². The number of carbonyl (C=O) groups excluding carboxylic acids is 1. The molecule has 1 aliphatic carbocycles. The number of oxime groups is 1.